The molecule has 1 saturated carbocycles. The number of thiazole rings is 1. The molecule has 2 aromatic rings. The fourth-order valence-corrected chi connectivity index (χ4v) is 7.80. The number of methoxy groups -OCH3 is 1. The fraction of sp³-hybridized carbons (Fsp3) is 0.704. The Balaban J connectivity index is 0.00000304. The largest absolute Gasteiger partial charge is 0.382 e. The number of nitrogens with zero attached hydrogens (tertiary/aromatic N) is 2. The molecular weight excluding hydrogens is 462 g/mol. The third kappa shape index (κ3) is 5.27. The Labute approximate surface area is 214 Å². The van der Waals surface area contributed by atoms with Crippen molar-refractivity contribution in [2.45, 2.75) is 62.8 Å². The highest BCUT2D eigenvalue weighted by molar-refractivity contribution is 7.22. The summed E-state index contributed by atoms with van der Waals surface area (Å²) in [5.74, 6) is 0.569. The molecule has 0 radical (unpaired) electrons. The molecule has 8 heteroatoms. The predicted molar refractivity (Wildman–Crippen MR) is 141 cm³/mol. The molecule has 1 amide bonds. The molecule has 7 nitrogen and oxygen atoms in total. The molecule has 1 aliphatic heterocycles. The first-order valence-corrected chi connectivity index (χ1v) is 14.0. The molecule has 2 bridgehead atoms. The van der Waals surface area contributed by atoms with Crippen LogP contribution in [0.3, 0.4) is 0 Å². The van der Waals surface area contributed by atoms with Gasteiger partial charge in [-0.1, -0.05) is 24.2 Å². The standard InChI is InChI=1S/C27H39N3O4S.H2/c1-30-11-5-10-27-9-4-3-6-20(27)23(30)8-7-19-16-24-22(17-21(19)27)28-26(35-24)29-25(31)18-34-15-14-33-13-12-32-2;/h16-17,20,23H,3-15,18H2,1-2H3,(H,28,29,31);1H/t20?,23?,27-;/m1./s1. The van der Waals surface area contributed by atoms with Crippen LogP contribution >= 0.6 is 11.3 Å². The van der Waals surface area contributed by atoms with Crippen LogP contribution in [0.4, 0.5) is 5.13 Å². The number of rotatable bonds is 9. The number of fused-ring (bicyclic) bond motifs is 2. The molecule has 2 aliphatic carbocycles. The van der Waals surface area contributed by atoms with Gasteiger partial charge in [-0.05, 0) is 81.3 Å². The maximum Gasteiger partial charge on any atom is 0.252 e. The number of likely N-dealkylation sites (tertiary alicyclic amines) is 1. The molecule has 5 rings (SSSR count). The van der Waals surface area contributed by atoms with Crippen LogP contribution in [-0.2, 0) is 30.8 Å². The lowest BCUT2D eigenvalue weighted by molar-refractivity contribution is -0.121. The van der Waals surface area contributed by atoms with Crippen molar-refractivity contribution in [1.29, 1.82) is 0 Å². The van der Waals surface area contributed by atoms with Crippen molar-refractivity contribution in [1.82, 2.24) is 9.88 Å². The molecule has 194 valence electrons. The van der Waals surface area contributed by atoms with E-state index in [-0.39, 0.29) is 13.9 Å². The van der Waals surface area contributed by atoms with Gasteiger partial charge in [0.2, 0.25) is 0 Å². The molecule has 0 spiro atoms. The second kappa shape index (κ2) is 11.2. The second-order valence-corrected chi connectivity index (χ2v) is 11.4. The van der Waals surface area contributed by atoms with E-state index in [1.165, 1.54) is 57.1 Å². The van der Waals surface area contributed by atoms with Crippen LogP contribution in [0.2, 0.25) is 0 Å². The van der Waals surface area contributed by atoms with E-state index >= 15 is 0 Å². The van der Waals surface area contributed by atoms with Gasteiger partial charge in [-0.25, -0.2) is 4.98 Å². The number of aryl methyl sites for hydroxylation is 1. The van der Waals surface area contributed by atoms with Crippen LogP contribution in [-0.4, -0.2) is 75.6 Å². The monoisotopic (exact) mass is 503 g/mol. The van der Waals surface area contributed by atoms with E-state index < -0.39 is 0 Å². The SMILES string of the molecule is COCCOCCOCC(=O)Nc1nc2cc3c(cc2s1)CCC1C2CCCC[C@]32CCCN1C.[HH]. The van der Waals surface area contributed by atoms with Gasteiger partial charge < -0.3 is 19.1 Å². The summed E-state index contributed by atoms with van der Waals surface area (Å²) in [5, 5.41) is 3.59. The van der Waals surface area contributed by atoms with E-state index in [4.69, 9.17) is 19.2 Å². The highest BCUT2D eigenvalue weighted by atomic mass is 32.1. The van der Waals surface area contributed by atoms with Gasteiger partial charge in [-0.2, -0.15) is 0 Å². The lowest BCUT2D eigenvalue weighted by Crippen LogP contribution is -2.46. The van der Waals surface area contributed by atoms with Gasteiger partial charge in [0.1, 0.15) is 6.61 Å². The Hall–Kier alpha value is -1.58. The maximum absolute atomic E-state index is 12.4. The van der Waals surface area contributed by atoms with Gasteiger partial charge in [-0.15, -0.1) is 0 Å². The number of carbonyl (C=O) groups excluding carboxylic acids is 1. The van der Waals surface area contributed by atoms with Crippen molar-refractivity contribution in [3.8, 4) is 0 Å². The Morgan fingerprint density at radius 1 is 1.17 bits per heavy atom. The zero-order chi connectivity index (χ0) is 24.3. The number of hydrogen-bond acceptors (Lipinski definition) is 7. The van der Waals surface area contributed by atoms with E-state index in [9.17, 15) is 4.79 Å². The first kappa shape index (κ1) is 25.1. The van der Waals surface area contributed by atoms with Crippen LogP contribution in [0, 0.1) is 5.92 Å². The molecule has 1 aromatic carbocycles. The van der Waals surface area contributed by atoms with E-state index in [0.717, 1.165) is 22.6 Å². The van der Waals surface area contributed by atoms with Crippen LogP contribution in [0.5, 0.6) is 0 Å². The summed E-state index contributed by atoms with van der Waals surface area (Å²) in [6.07, 6.45) is 10.3. The minimum atomic E-state index is -0.178. The average molecular weight is 504 g/mol. The maximum atomic E-state index is 12.4. The van der Waals surface area contributed by atoms with Crippen LogP contribution < -0.4 is 5.32 Å². The average Bonchev–Trinajstić information content (AvgIpc) is 3.10. The highest BCUT2D eigenvalue weighted by Crippen LogP contribution is 2.54. The van der Waals surface area contributed by atoms with Crippen LogP contribution in [0.1, 0.15) is 57.5 Å². The first-order valence-electron chi connectivity index (χ1n) is 13.2. The topological polar surface area (TPSA) is 72.9 Å². The van der Waals surface area contributed by atoms with Crippen molar-refractivity contribution in [3.63, 3.8) is 0 Å². The molecular formula is C27H41N3O4S. The number of carbonyl (C=O) groups is 1. The van der Waals surface area contributed by atoms with Gasteiger partial charge in [-0.3, -0.25) is 10.1 Å². The smallest absolute Gasteiger partial charge is 0.252 e. The minimum absolute atomic E-state index is 0. The normalized spacial score (nSPS) is 26.6. The zero-order valence-corrected chi connectivity index (χ0v) is 22.0. The Bertz CT molecular complexity index is 1030. The molecule has 3 atom stereocenters. The summed E-state index contributed by atoms with van der Waals surface area (Å²) >= 11 is 1.57. The number of anilines is 1. The Morgan fingerprint density at radius 2 is 2.00 bits per heavy atom. The molecule has 1 aromatic heterocycles. The van der Waals surface area contributed by atoms with E-state index in [1.54, 1.807) is 24.0 Å². The molecule has 1 N–H and O–H groups in total. The van der Waals surface area contributed by atoms with Crippen LogP contribution in [0.25, 0.3) is 10.2 Å². The van der Waals surface area contributed by atoms with Gasteiger partial charge in [0.15, 0.2) is 5.13 Å². The fourth-order valence-electron chi connectivity index (χ4n) is 6.87. The van der Waals surface area contributed by atoms with Crippen molar-refractivity contribution < 1.29 is 20.4 Å². The molecule has 2 fully saturated rings. The summed E-state index contributed by atoms with van der Waals surface area (Å²) in [6, 6.07) is 5.45. The van der Waals surface area contributed by atoms with Crippen molar-refractivity contribution in [2.75, 3.05) is 59.1 Å². The highest BCUT2D eigenvalue weighted by Gasteiger charge is 2.50. The van der Waals surface area contributed by atoms with Gasteiger partial charge in [0.25, 0.3) is 5.91 Å². The summed E-state index contributed by atoms with van der Waals surface area (Å²) in [5.41, 5.74) is 4.39. The third-order valence-electron chi connectivity index (χ3n) is 8.40. The summed E-state index contributed by atoms with van der Waals surface area (Å²) in [6.45, 7) is 3.13. The number of aromatic nitrogens is 1. The lowest BCUT2D eigenvalue weighted by Gasteiger charge is -2.47. The zero-order valence-electron chi connectivity index (χ0n) is 21.1. The predicted octanol–water partition coefficient (Wildman–Crippen LogP) is 4.63. The Kier molecular flexibility index (Phi) is 8.04. The van der Waals surface area contributed by atoms with E-state index in [2.05, 4.69) is 29.4 Å². The van der Waals surface area contributed by atoms with Gasteiger partial charge >= 0.3 is 0 Å². The summed E-state index contributed by atoms with van der Waals surface area (Å²) < 4.78 is 16.9. The first-order chi connectivity index (χ1) is 17.1. The molecule has 2 unspecified atom stereocenters. The number of nitrogens with one attached hydrogen (secondary N) is 1. The summed E-state index contributed by atoms with van der Waals surface area (Å²) in [4.78, 5) is 19.9. The molecule has 1 saturated heterocycles. The molecule has 2 heterocycles. The second-order valence-electron chi connectivity index (χ2n) is 10.4. The number of hydrogen-bond donors (Lipinski definition) is 1. The molecule has 3 aliphatic rings. The van der Waals surface area contributed by atoms with E-state index in [1.807, 2.05) is 0 Å². The van der Waals surface area contributed by atoms with Crippen molar-refractivity contribution >= 4 is 32.6 Å². The van der Waals surface area contributed by atoms with E-state index in [0.29, 0.717) is 43.0 Å². The number of amides is 1. The number of ether oxygens (including phenoxy) is 3. The molecule has 35 heavy (non-hydrogen) atoms. The number of benzene rings is 1. The Morgan fingerprint density at radius 3 is 2.89 bits per heavy atom. The summed E-state index contributed by atoms with van der Waals surface area (Å²) in [7, 11) is 3.99. The van der Waals surface area contributed by atoms with Crippen molar-refractivity contribution in [2.24, 2.45) is 5.92 Å². The van der Waals surface area contributed by atoms with Crippen LogP contribution in [0.15, 0.2) is 12.1 Å². The van der Waals surface area contributed by atoms with Gasteiger partial charge in [0.05, 0.1) is 36.6 Å². The lowest BCUT2D eigenvalue weighted by atomic mass is 9.59. The quantitative estimate of drug-likeness (QED) is 0.503. The minimum Gasteiger partial charge on any atom is -0.382 e. The van der Waals surface area contributed by atoms with Gasteiger partial charge in [0, 0.05) is 20.0 Å². The van der Waals surface area contributed by atoms with Crippen molar-refractivity contribution in [3.05, 3.63) is 23.3 Å². The third-order valence-corrected chi connectivity index (χ3v) is 9.34.